The van der Waals surface area contributed by atoms with Crippen LogP contribution < -0.4 is 0 Å². The zero-order chi connectivity index (χ0) is 37.0. The summed E-state index contributed by atoms with van der Waals surface area (Å²) in [6.45, 7) is -1.25. The molecule has 3 heteroatoms. The van der Waals surface area contributed by atoms with Crippen molar-refractivity contribution in [3.05, 3.63) is 168 Å². The fourth-order valence-corrected chi connectivity index (χ4v) is 4.42. The van der Waals surface area contributed by atoms with Crippen LogP contribution in [0.15, 0.2) is 128 Å². The summed E-state index contributed by atoms with van der Waals surface area (Å²) >= 11 is 0. The SMILES string of the molecule is [2H]C([2H])([2H])c1cc(-c2cc[c-]c(-c3cc(C([2H])(C)C)ccn3)c2)cc(C([2H])([2H])[2H])c1.[2H]C([2H])(c1ccccc1)c1ccc[c-]c1-c1ccccn1.[Ir]. The van der Waals surface area contributed by atoms with Gasteiger partial charge >= 0.3 is 0 Å². The number of aryl methyl sites for hydroxylation is 2. The van der Waals surface area contributed by atoms with Gasteiger partial charge in [-0.25, -0.2) is 0 Å². The summed E-state index contributed by atoms with van der Waals surface area (Å²) in [6, 6.07) is 39.5. The Morgan fingerprint density at radius 1 is 0.721 bits per heavy atom. The molecule has 0 spiro atoms. The number of pyridine rings is 2. The van der Waals surface area contributed by atoms with E-state index in [1.807, 2.05) is 48.5 Å². The molecule has 4 aromatic carbocycles. The molecule has 0 amide bonds. The van der Waals surface area contributed by atoms with Crippen LogP contribution in [0.3, 0.4) is 0 Å². The maximum Gasteiger partial charge on any atom is 0.0346 e. The van der Waals surface area contributed by atoms with Gasteiger partial charge < -0.3 is 9.97 Å². The van der Waals surface area contributed by atoms with Crippen molar-refractivity contribution < 1.29 is 32.4 Å². The first-order valence-electron chi connectivity index (χ1n) is 18.1. The van der Waals surface area contributed by atoms with Gasteiger partial charge in [0.05, 0.1) is 0 Å². The molecule has 0 bridgehead atoms. The molecule has 217 valence electrons. The average Bonchev–Trinajstić information content (AvgIpc) is 3.11. The van der Waals surface area contributed by atoms with Gasteiger partial charge in [-0.05, 0) is 55.1 Å². The molecule has 0 aliphatic rings. The molecule has 0 aliphatic carbocycles. The van der Waals surface area contributed by atoms with Crippen molar-refractivity contribution in [3.8, 4) is 33.6 Å². The molecule has 0 atom stereocenters. The molecule has 0 saturated carbocycles. The normalized spacial score (nSPS) is 14.7. The summed E-state index contributed by atoms with van der Waals surface area (Å²) in [5, 5.41) is 0. The minimum absolute atomic E-state index is 0. The van der Waals surface area contributed by atoms with E-state index in [0.29, 0.717) is 39.1 Å². The monoisotopic (exact) mass is 746 g/mol. The number of benzene rings is 4. The van der Waals surface area contributed by atoms with Gasteiger partial charge in [-0.2, -0.15) is 0 Å². The Morgan fingerprint density at radius 2 is 1.49 bits per heavy atom. The van der Waals surface area contributed by atoms with Crippen LogP contribution in [-0.2, 0) is 26.5 Å². The van der Waals surface area contributed by atoms with Crippen molar-refractivity contribution in [2.24, 2.45) is 0 Å². The van der Waals surface area contributed by atoms with Crippen LogP contribution in [0.25, 0.3) is 33.6 Å². The summed E-state index contributed by atoms with van der Waals surface area (Å²) in [5.74, 6) is -0.780. The second kappa shape index (κ2) is 15.3. The van der Waals surface area contributed by atoms with Crippen molar-refractivity contribution in [1.82, 2.24) is 9.97 Å². The molecular weight excluding hydrogens is 701 g/mol. The Balaban J connectivity index is 0.000000242. The van der Waals surface area contributed by atoms with E-state index in [-0.39, 0.29) is 31.2 Å². The third-order valence-electron chi connectivity index (χ3n) is 6.51. The van der Waals surface area contributed by atoms with Crippen LogP contribution in [0.1, 0.15) is 59.9 Å². The molecule has 0 N–H and O–H groups in total. The smallest absolute Gasteiger partial charge is 0.0346 e. The Labute approximate surface area is 282 Å². The first-order chi connectivity index (χ1) is 23.9. The summed E-state index contributed by atoms with van der Waals surface area (Å²) in [5.41, 5.74) is 5.88. The molecule has 0 aliphatic heterocycles. The van der Waals surface area contributed by atoms with Gasteiger partial charge in [0, 0.05) is 44.8 Å². The maximum absolute atomic E-state index is 8.52. The van der Waals surface area contributed by atoms with Crippen LogP contribution in [0.2, 0.25) is 0 Å². The Morgan fingerprint density at radius 3 is 2.21 bits per heavy atom. The van der Waals surface area contributed by atoms with Crippen molar-refractivity contribution in [3.63, 3.8) is 0 Å². The van der Waals surface area contributed by atoms with E-state index in [1.54, 1.807) is 74.8 Å². The molecule has 1 radical (unpaired) electrons. The molecule has 0 saturated heterocycles. The summed E-state index contributed by atoms with van der Waals surface area (Å²) < 4.78 is 71.5. The van der Waals surface area contributed by atoms with Crippen molar-refractivity contribution in [1.29, 1.82) is 0 Å². The minimum Gasteiger partial charge on any atom is -0.305 e. The molecule has 43 heavy (non-hydrogen) atoms. The largest absolute Gasteiger partial charge is 0.305 e. The number of hydrogen-bond acceptors (Lipinski definition) is 2. The Kier molecular flexibility index (Phi) is 7.67. The van der Waals surface area contributed by atoms with Gasteiger partial charge in [-0.3, -0.25) is 0 Å². The number of nitrogens with zero attached hydrogens (tertiary/aromatic N) is 2. The molecular formula is C40H36IrN2-2. The van der Waals surface area contributed by atoms with E-state index in [0.717, 1.165) is 11.3 Å². The summed E-state index contributed by atoms with van der Waals surface area (Å²) in [6.07, 6.45) is 1.76. The van der Waals surface area contributed by atoms with E-state index in [2.05, 4.69) is 22.1 Å². The second-order valence-corrected chi connectivity index (χ2v) is 9.88. The molecule has 6 aromatic rings. The van der Waals surface area contributed by atoms with Gasteiger partial charge in [0.2, 0.25) is 0 Å². The number of rotatable bonds is 6. The Bertz CT molecular complexity index is 2060. The standard InChI is InChI=1S/C22H22N.C18H14N.Ir/c1-15(2)18-8-9-23-22(14-18)20-7-5-6-19(13-20)21-11-16(3)10-17(4)12-21;1-2-8-15(9-3-1)14-16-10-4-5-11-17(16)18-12-6-7-13-19-18;/h5-6,8-15H,1-4H3;1-10,12-13H,14H2;/q2*-1;/i3D3,4D3,15D;14D2;. The molecule has 6 rings (SSSR count). The zero-order valence-electron chi connectivity index (χ0n) is 32.9. The fourth-order valence-electron chi connectivity index (χ4n) is 4.42. The first-order valence-corrected chi connectivity index (χ1v) is 13.6. The van der Waals surface area contributed by atoms with E-state index < -0.39 is 26.0 Å². The average molecular weight is 746 g/mol. The Hall–Kier alpha value is -4.17. The van der Waals surface area contributed by atoms with Crippen molar-refractivity contribution >= 4 is 0 Å². The molecule has 2 heterocycles. The molecule has 2 nitrogen and oxygen atoms in total. The quantitative estimate of drug-likeness (QED) is 0.159. The first kappa shape index (κ1) is 21.5. The van der Waals surface area contributed by atoms with Crippen LogP contribution in [0.4, 0.5) is 0 Å². The molecule has 0 fully saturated rings. The van der Waals surface area contributed by atoms with Crippen molar-refractivity contribution in [2.45, 2.75) is 39.8 Å². The number of aromatic nitrogens is 2. The van der Waals surface area contributed by atoms with Gasteiger partial charge in [0.1, 0.15) is 0 Å². The topological polar surface area (TPSA) is 25.8 Å². The van der Waals surface area contributed by atoms with Gasteiger partial charge in [-0.1, -0.05) is 103 Å². The van der Waals surface area contributed by atoms with Gasteiger partial charge in [0.15, 0.2) is 0 Å². The number of hydrogen-bond donors (Lipinski definition) is 0. The maximum atomic E-state index is 8.52. The van der Waals surface area contributed by atoms with E-state index in [4.69, 9.17) is 12.3 Å². The second-order valence-electron chi connectivity index (χ2n) is 9.88. The zero-order valence-corrected chi connectivity index (χ0v) is 26.2. The third kappa shape index (κ3) is 8.67. The van der Waals surface area contributed by atoms with Gasteiger partial charge in [0.25, 0.3) is 0 Å². The minimum atomic E-state index is -2.42. The van der Waals surface area contributed by atoms with Crippen LogP contribution >= 0.6 is 0 Å². The van der Waals surface area contributed by atoms with Crippen LogP contribution in [-0.4, -0.2) is 9.97 Å². The predicted octanol–water partition coefficient (Wildman–Crippen LogP) is 10.1. The molecule has 2 aromatic heterocycles. The van der Waals surface area contributed by atoms with Crippen molar-refractivity contribution in [2.75, 3.05) is 0 Å². The van der Waals surface area contributed by atoms with Crippen LogP contribution in [0, 0.1) is 25.8 Å². The van der Waals surface area contributed by atoms with E-state index in [9.17, 15) is 0 Å². The van der Waals surface area contributed by atoms with Crippen LogP contribution in [0.5, 0.6) is 0 Å². The van der Waals surface area contributed by atoms with E-state index >= 15 is 0 Å². The van der Waals surface area contributed by atoms with E-state index in [1.165, 1.54) is 18.2 Å². The predicted molar refractivity (Wildman–Crippen MR) is 175 cm³/mol. The summed E-state index contributed by atoms with van der Waals surface area (Å²) in [4.78, 5) is 8.70. The summed E-state index contributed by atoms with van der Waals surface area (Å²) in [7, 11) is 0. The third-order valence-corrected chi connectivity index (χ3v) is 6.51. The molecule has 0 unspecified atom stereocenters. The fraction of sp³-hybridized carbons (Fsp3) is 0.150. The van der Waals surface area contributed by atoms with Gasteiger partial charge in [-0.15, -0.1) is 70.8 Å².